The van der Waals surface area contributed by atoms with E-state index in [0.29, 0.717) is 0 Å². The number of hydrogen-bond donors (Lipinski definition) is 4. The Morgan fingerprint density at radius 1 is 0.750 bits per heavy atom. The fourth-order valence-corrected chi connectivity index (χ4v) is 0.632. The highest BCUT2D eigenvalue weighted by Gasteiger charge is 2.13. The van der Waals surface area contributed by atoms with Crippen LogP contribution in [0.25, 0.3) is 0 Å². The van der Waals surface area contributed by atoms with Gasteiger partial charge in [0, 0.05) is 0 Å². The molecule has 0 saturated heterocycles. The smallest absolute Gasteiger partial charge is 0.294 e. The van der Waals surface area contributed by atoms with Gasteiger partial charge in [-0.15, -0.1) is 0 Å². The van der Waals surface area contributed by atoms with Crippen molar-refractivity contribution in [2.45, 2.75) is 0 Å². The summed E-state index contributed by atoms with van der Waals surface area (Å²) >= 11 is 0. The first kappa shape index (κ1) is 18.3. The van der Waals surface area contributed by atoms with E-state index in [1.807, 2.05) is 0 Å². The summed E-state index contributed by atoms with van der Waals surface area (Å²) in [5, 5.41) is 0. The van der Waals surface area contributed by atoms with E-state index in [9.17, 15) is 25.3 Å². The van der Waals surface area contributed by atoms with E-state index in [2.05, 4.69) is 8.67 Å². The lowest BCUT2D eigenvalue weighted by molar-refractivity contribution is -0.105. The van der Waals surface area contributed by atoms with Gasteiger partial charge in [0.1, 0.15) is 0 Å². The van der Waals surface area contributed by atoms with Crippen LogP contribution in [0.5, 0.6) is 0 Å². The molecule has 2 unspecified atom stereocenters. The van der Waals surface area contributed by atoms with Gasteiger partial charge in [-0.3, -0.25) is 18.2 Å². The summed E-state index contributed by atoms with van der Waals surface area (Å²) < 4.78 is 92.5. The molecule has 0 heterocycles. The molecule has 0 bridgehead atoms. The topological polar surface area (TPSA) is 202 Å². The second kappa shape index (κ2) is 7.32. The number of hydrogen-bond acceptors (Lipinski definition) is 8. The predicted molar refractivity (Wildman–Crippen MR) is 46.8 cm³/mol. The highest BCUT2D eigenvalue weighted by Crippen LogP contribution is 1.92. The summed E-state index contributed by atoms with van der Waals surface area (Å²) in [7, 11) is -15.2. The van der Waals surface area contributed by atoms with E-state index in [4.69, 9.17) is 18.2 Å². The van der Waals surface area contributed by atoms with Crippen molar-refractivity contribution in [3.63, 3.8) is 0 Å². The van der Waals surface area contributed by atoms with Gasteiger partial charge in [-0.2, -0.15) is 16.8 Å². The van der Waals surface area contributed by atoms with Crippen LogP contribution in [0.4, 0.5) is 0 Å². The fraction of sp³-hybridized carbons (Fsp3) is 0. The lowest BCUT2D eigenvalue weighted by Crippen LogP contribution is -2.10. The molecule has 0 rings (SSSR count). The largest absolute Gasteiger partial charge is 0.425 e. The molecule has 0 radical (unpaired) electrons. The predicted octanol–water partition coefficient (Wildman–Crippen LogP) is -2.11. The molecular weight excluding hydrogens is 320 g/mol. The van der Waals surface area contributed by atoms with E-state index in [1.54, 1.807) is 0 Å². The van der Waals surface area contributed by atoms with Gasteiger partial charge in [-0.25, -0.2) is 8.42 Å². The van der Waals surface area contributed by atoms with E-state index in [0.717, 1.165) is 0 Å². The van der Waals surface area contributed by atoms with Crippen LogP contribution in [0, 0.1) is 0 Å². The zero-order chi connectivity index (χ0) is 13.6. The second-order valence-corrected chi connectivity index (χ2v) is 5.99. The first-order valence-corrected chi connectivity index (χ1v) is 7.86. The summed E-state index contributed by atoms with van der Waals surface area (Å²) in [6.07, 6.45) is 0. The molecule has 0 aromatic heterocycles. The van der Waals surface area contributed by atoms with Crippen molar-refractivity contribution in [2.24, 2.45) is 0 Å². The molecule has 100 valence electrons. The maximum Gasteiger partial charge on any atom is 0.425 e. The molecule has 0 saturated carbocycles. The van der Waals surface area contributed by atoms with Crippen LogP contribution in [0.15, 0.2) is 0 Å². The minimum Gasteiger partial charge on any atom is -0.294 e. The Kier molecular flexibility index (Phi) is 8.38. The van der Waals surface area contributed by atoms with E-state index < -0.39 is 41.0 Å². The first-order chi connectivity index (χ1) is 6.85. The summed E-state index contributed by atoms with van der Waals surface area (Å²) in [5.74, 6) is 0. The summed E-state index contributed by atoms with van der Waals surface area (Å²) in [6, 6.07) is 0. The molecule has 0 aliphatic heterocycles. The Bertz CT molecular complexity index is 389. The molecule has 4 N–H and O–H groups in total. The second-order valence-electron chi connectivity index (χ2n) is 1.43. The first-order valence-electron chi connectivity index (χ1n) is 2.40. The monoisotopic (exact) mass is 324 g/mol. The number of rotatable bonds is 4. The third-order valence-electron chi connectivity index (χ3n) is 0.322. The van der Waals surface area contributed by atoms with E-state index in [1.165, 1.54) is 0 Å². The highest BCUT2D eigenvalue weighted by atomic mass is 33.2. The maximum atomic E-state index is 9.51. The molecule has 16 heavy (non-hydrogen) atoms. The van der Waals surface area contributed by atoms with Gasteiger partial charge in [0.2, 0.25) is 0 Å². The molecule has 0 aromatic carbocycles. The molecule has 0 aromatic rings. The SMILES string of the molecule is O=S(=O)(O)OOS(=O)(=O)O.O=S(O)S(=O)O. The van der Waals surface area contributed by atoms with Crippen molar-refractivity contribution in [3.8, 4) is 0 Å². The fourth-order valence-electron chi connectivity index (χ4n) is 0.0702. The summed E-state index contributed by atoms with van der Waals surface area (Å²) in [6.45, 7) is 0. The molecule has 12 nitrogen and oxygen atoms in total. The van der Waals surface area contributed by atoms with Gasteiger partial charge in [-0.05, 0) is 0 Å². The van der Waals surface area contributed by atoms with Crippen molar-refractivity contribution >= 4 is 41.0 Å². The van der Waals surface area contributed by atoms with Crippen molar-refractivity contribution in [2.75, 3.05) is 0 Å². The van der Waals surface area contributed by atoms with Crippen LogP contribution in [0.2, 0.25) is 0 Å². The molecule has 2 atom stereocenters. The lowest BCUT2D eigenvalue weighted by atomic mass is 14.9. The molecule has 0 aliphatic carbocycles. The van der Waals surface area contributed by atoms with Crippen LogP contribution >= 0.6 is 0 Å². The quantitative estimate of drug-likeness (QED) is 0.144. The molecule has 0 fully saturated rings. The van der Waals surface area contributed by atoms with Crippen molar-refractivity contribution in [1.82, 2.24) is 0 Å². The Labute approximate surface area is 93.4 Å². The Hall–Kier alpha value is -0.0400. The average molecular weight is 324 g/mol. The average Bonchev–Trinajstić information content (AvgIpc) is 1.99. The van der Waals surface area contributed by atoms with Gasteiger partial charge in [0.25, 0.3) is 20.2 Å². The van der Waals surface area contributed by atoms with Crippen LogP contribution in [0.1, 0.15) is 0 Å². The highest BCUT2D eigenvalue weighted by molar-refractivity contribution is 8.56. The Morgan fingerprint density at radius 3 is 1.00 bits per heavy atom. The van der Waals surface area contributed by atoms with Gasteiger partial charge in [0.05, 0.1) is 0 Å². The van der Waals surface area contributed by atoms with Crippen LogP contribution < -0.4 is 0 Å². The molecule has 0 spiro atoms. The Morgan fingerprint density at radius 2 is 0.938 bits per heavy atom. The minimum absolute atomic E-state index is 2.59. The van der Waals surface area contributed by atoms with Gasteiger partial charge >= 0.3 is 20.8 Å². The third-order valence-corrected chi connectivity index (χ3v) is 1.86. The lowest BCUT2D eigenvalue weighted by Gasteiger charge is -1.92. The van der Waals surface area contributed by atoms with Crippen molar-refractivity contribution in [3.05, 3.63) is 0 Å². The molecular formula is H4O12S4. The van der Waals surface area contributed by atoms with Crippen molar-refractivity contribution in [1.29, 1.82) is 0 Å². The third kappa shape index (κ3) is 19.5. The maximum absolute atomic E-state index is 9.51. The molecule has 16 heteroatoms. The molecule has 0 amide bonds. The minimum atomic E-state index is -5.02. The molecule has 0 aliphatic rings. The zero-order valence-electron chi connectivity index (χ0n) is 6.69. The van der Waals surface area contributed by atoms with Gasteiger partial charge in [-0.1, -0.05) is 8.67 Å². The van der Waals surface area contributed by atoms with E-state index >= 15 is 0 Å². The standard InChI is InChI=1S/H2O8S2.H2O4S2/c1-9(2,3)7-8-10(4,5)6;1-5(2)6(3)4/h(H,1,2,3)(H,4,5,6);(H,1,2)(H,3,4). The normalized spacial score (nSPS) is 15.8. The van der Waals surface area contributed by atoms with Crippen LogP contribution in [0.3, 0.4) is 0 Å². The van der Waals surface area contributed by atoms with Crippen LogP contribution in [-0.4, -0.2) is 43.5 Å². The van der Waals surface area contributed by atoms with Gasteiger partial charge < -0.3 is 0 Å². The Balaban J connectivity index is 0. The zero-order valence-corrected chi connectivity index (χ0v) is 9.95. The summed E-state index contributed by atoms with van der Waals surface area (Å²) in [5.41, 5.74) is 0. The summed E-state index contributed by atoms with van der Waals surface area (Å²) in [4.78, 5) is 0. The van der Waals surface area contributed by atoms with Crippen LogP contribution in [-0.2, 0) is 49.7 Å². The van der Waals surface area contributed by atoms with Gasteiger partial charge in [0.15, 0.2) is 0 Å². The van der Waals surface area contributed by atoms with E-state index in [-0.39, 0.29) is 0 Å². The van der Waals surface area contributed by atoms with Crippen molar-refractivity contribution < 1.29 is 52.1 Å².